The molecule has 1 aromatic heterocycles. The van der Waals surface area contributed by atoms with E-state index in [0.717, 1.165) is 12.8 Å². The highest BCUT2D eigenvalue weighted by molar-refractivity contribution is 5.96. The van der Waals surface area contributed by atoms with Crippen molar-refractivity contribution in [3.63, 3.8) is 0 Å². The minimum atomic E-state index is -4.47. The van der Waals surface area contributed by atoms with Crippen LogP contribution >= 0.6 is 0 Å². The Morgan fingerprint density at radius 2 is 2.11 bits per heavy atom. The first-order valence-corrected chi connectivity index (χ1v) is 8.88. The fourth-order valence-electron chi connectivity index (χ4n) is 3.15. The third kappa shape index (κ3) is 4.15. The molecule has 7 nitrogen and oxygen atoms in total. The van der Waals surface area contributed by atoms with E-state index in [4.69, 9.17) is 4.52 Å². The van der Waals surface area contributed by atoms with Gasteiger partial charge in [0, 0.05) is 30.0 Å². The third-order valence-corrected chi connectivity index (χ3v) is 4.67. The molecule has 1 unspecified atom stereocenters. The first-order valence-electron chi connectivity index (χ1n) is 8.88. The van der Waals surface area contributed by atoms with Crippen LogP contribution in [0.15, 0.2) is 28.8 Å². The summed E-state index contributed by atoms with van der Waals surface area (Å²) in [7, 11) is 0. The Labute approximate surface area is 157 Å². The zero-order valence-electron chi connectivity index (χ0n) is 14.7. The molecular weight excluding hydrogens is 377 g/mol. The second-order valence-corrected chi connectivity index (χ2v) is 7.08. The summed E-state index contributed by atoms with van der Waals surface area (Å²) < 4.78 is 42.7. The normalized spacial score (nSPS) is 19.9. The van der Waals surface area contributed by atoms with Gasteiger partial charge in [0.1, 0.15) is 6.54 Å². The molecule has 1 atom stereocenters. The highest BCUT2D eigenvalue weighted by atomic mass is 19.4. The molecule has 2 aromatic rings. The molecule has 1 N–H and O–H groups in total. The topological polar surface area (TPSA) is 88.3 Å². The molecule has 2 aliphatic rings. The highest BCUT2D eigenvalue weighted by Crippen LogP contribution is 2.39. The summed E-state index contributed by atoms with van der Waals surface area (Å²) in [6, 6.07) is 5.89. The van der Waals surface area contributed by atoms with Gasteiger partial charge < -0.3 is 14.7 Å². The number of likely N-dealkylation sites (tertiary alicyclic amines) is 1. The van der Waals surface area contributed by atoms with Gasteiger partial charge in [-0.3, -0.25) is 9.59 Å². The number of rotatable bonds is 5. The largest absolute Gasteiger partial charge is 0.406 e. The standard InChI is InChI=1S/C18H17F3N4O3/c19-18(20,21)9-25-8-13(7-14(25)26)22-16(27)12-3-1-2-11(6-12)15-23-17(28-24-15)10-4-5-10/h1-3,6,10,13H,4-5,7-9H2,(H,22,27). The summed E-state index contributed by atoms with van der Waals surface area (Å²) in [5.41, 5.74) is 0.904. The number of hydrogen-bond donors (Lipinski definition) is 1. The van der Waals surface area contributed by atoms with Crippen molar-refractivity contribution in [2.75, 3.05) is 13.1 Å². The number of nitrogens with zero attached hydrogens (tertiary/aromatic N) is 3. The van der Waals surface area contributed by atoms with Gasteiger partial charge in [-0.05, 0) is 25.0 Å². The van der Waals surface area contributed by atoms with Crippen molar-refractivity contribution in [3.05, 3.63) is 35.7 Å². The van der Waals surface area contributed by atoms with Gasteiger partial charge >= 0.3 is 6.18 Å². The van der Waals surface area contributed by atoms with E-state index in [9.17, 15) is 22.8 Å². The van der Waals surface area contributed by atoms with Gasteiger partial charge in [0.25, 0.3) is 5.91 Å². The van der Waals surface area contributed by atoms with Crippen LogP contribution in [0.5, 0.6) is 0 Å². The Bertz CT molecular complexity index is 907. The average Bonchev–Trinajstić information content (AvgIpc) is 3.27. The van der Waals surface area contributed by atoms with E-state index in [0.29, 0.717) is 33.7 Å². The SMILES string of the molecule is O=C(NC1CC(=O)N(CC(F)(F)F)C1)c1cccc(-c2noc(C3CC3)n2)c1. The summed E-state index contributed by atoms with van der Waals surface area (Å²) in [5, 5.41) is 6.55. The first-order chi connectivity index (χ1) is 13.3. The zero-order chi connectivity index (χ0) is 19.9. The van der Waals surface area contributed by atoms with Crippen molar-refractivity contribution < 1.29 is 27.3 Å². The predicted octanol–water partition coefficient (Wildman–Crippen LogP) is 2.51. The van der Waals surface area contributed by atoms with Crippen molar-refractivity contribution in [2.45, 2.75) is 37.4 Å². The van der Waals surface area contributed by atoms with Gasteiger partial charge in [-0.2, -0.15) is 18.2 Å². The second-order valence-electron chi connectivity index (χ2n) is 7.08. The molecule has 1 aromatic carbocycles. The minimum absolute atomic E-state index is 0.156. The van der Waals surface area contributed by atoms with Crippen molar-refractivity contribution >= 4 is 11.8 Å². The van der Waals surface area contributed by atoms with Crippen LogP contribution in [0, 0.1) is 0 Å². The lowest BCUT2D eigenvalue weighted by molar-refractivity contribution is -0.157. The van der Waals surface area contributed by atoms with Crippen LogP contribution in [0.25, 0.3) is 11.4 Å². The van der Waals surface area contributed by atoms with Crippen LogP contribution in [-0.2, 0) is 4.79 Å². The second kappa shape index (κ2) is 6.92. The molecule has 2 heterocycles. The van der Waals surface area contributed by atoms with Gasteiger partial charge in [-0.1, -0.05) is 17.3 Å². The molecule has 4 rings (SSSR count). The van der Waals surface area contributed by atoms with Crippen molar-refractivity contribution in [2.24, 2.45) is 0 Å². The molecule has 0 radical (unpaired) electrons. The summed E-state index contributed by atoms with van der Waals surface area (Å²) in [6.45, 7) is -1.48. The number of carbonyl (C=O) groups excluding carboxylic acids is 2. The van der Waals surface area contributed by atoms with Crippen LogP contribution in [0.3, 0.4) is 0 Å². The summed E-state index contributed by atoms with van der Waals surface area (Å²) >= 11 is 0. The molecule has 1 saturated heterocycles. The Kier molecular flexibility index (Phi) is 4.56. The van der Waals surface area contributed by atoms with Gasteiger partial charge in [-0.15, -0.1) is 0 Å². The van der Waals surface area contributed by atoms with Crippen LogP contribution in [0.1, 0.15) is 41.4 Å². The van der Waals surface area contributed by atoms with Crippen LogP contribution < -0.4 is 5.32 Å². The fourth-order valence-corrected chi connectivity index (χ4v) is 3.15. The molecule has 1 saturated carbocycles. The minimum Gasteiger partial charge on any atom is -0.347 e. The fraction of sp³-hybridized carbons (Fsp3) is 0.444. The molecule has 2 amide bonds. The van der Waals surface area contributed by atoms with Crippen LogP contribution in [-0.4, -0.2) is 52.2 Å². The number of aromatic nitrogens is 2. The number of benzene rings is 1. The highest BCUT2D eigenvalue weighted by Gasteiger charge is 2.38. The number of hydrogen-bond acceptors (Lipinski definition) is 5. The monoisotopic (exact) mass is 394 g/mol. The average molecular weight is 394 g/mol. The maximum Gasteiger partial charge on any atom is 0.406 e. The lowest BCUT2D eigenvalue weighted by atomic mass is 10.1. The van der Waals surface area contributed by atoms with Gasteiger partial charge in [0.15, 0.2) is 0 Å². The molecular formula is C18H17F3N4O3. The van der Waals surface area contributed by atoms with E-state index in [2.05, 4.69) is 15.5 Å². The van der Waals surface area contributed by atoms with Crippen molar-refractivity contribution in [3.8, 4) is 11.4 Å². The number of nitrogens with one attached hydrogen (secondary N) is 1. The summed E-state index contributed by atoms with van der Waals surface area (Å²) in [6.07, 6.45) is -2.57. The molecule has 0 spiro atoms. The summed E-state index contributed by atoms with van der Waals surface area (Å²) in [5.74, 6) is 0.172. The molecule has 10 heteroatoms. The van der Waals surface area contributed by atoms with Gasteiger partial charge in [0.05, 0.1) is 6.04 Å². The van der Waals surface area contributed by atoms with E-state index >= 15 is 0 Å². The molecule has 148 valence electrons. The lowest BCUT2D eigenvalue weighted by Gasteiger charge is -2.18. The molecule has 1 aliphatic carbocycles. The van der Waals surface area contributed by atoms with Crippen LogP contribution in [0.4, 0.5) is 13.2 Å². The van der Waals surface area contributed by atoms with Gasteiger partial charge in [0.2, 0.25) is 17.6 Å². The number of amides is 2. The quantitative estimate of drug-likeness (QED) is 0.842. The van der Waals surface area contributed by atoms with Crippen molar-refractivity contribution in [1.82, 2.24) is 20.4 Å². The van der Waals surface area contributed by atoms with Gasteiger partial charge in [-0.25, -0.2) is 0 Å². The van der Waals surface area contributed by atoms with E-state index < -0.39 is 30.6 Å². The smallest absolute Gasteiger partial charge is 0.347 e. The molecule has 1 aliphatic heterocycles. The predicted molar refractivity (Wildman–Crippen MR) is 90.2 cm³/mol. The molecule has 0 bridgehead atoms. The maximum absolute atomic E-state index is 12.5. The van der Waals surface area contributed by atoms with E-state index in [-0.39, 0.29) is 13.0 Å². The lowest BCUT2D eigenvalue weighted by Crippen LogP contribution is -2.39. The number of halogens is 3. The Balaban J connectivity index is 1.41. The number of carbonyl (C=O) groups is 2. The Morgan fingerprint density at radius 1 is 1.32 bits per heavy atom. The van der Waals surface area contributed by atoms with Crippen LogP contribution in [0.2, 0.25) is 0 Å². The number of alkyl halides is 3. The first kappa shape index (κ1) is 18.5. The maximum atomic E-state index is 12.5. The Hall–Kier alpha value is -2.91. The Morgan fingerprint density at radius 3 is 2.82 bits per heavy atom. The third-order valence-electron chi connectivity index (χ3n) is 4.67. The van der Waals surface area contributed by atoms with E-state index in [1.165, 1.54) is 0 Å². The summed E-state index contributed by atoms with van der Waals surface area (Å²) in [4.78, 5) is 29.2. The van der Waals surface area contributed by atoms with E-state index in [1.54, 1.807) is 24.3 Å². The molecule has 28 heavy (non-hydrogen) atoms. The zero-order valence-corrected chi connectivity index (χ0v) is 14.7. The van der Waals surface area contributed by atoms with E-state index in [1.807, 2.05) is 0 Å². The van der Waals surface area contributed by atoms with Crippen molar-refractivity contribution in [1.29, 1.82) is 0 Å². The molecule has 2 fully saturated rings.